The number of nitrogens with zero attached hydrogens (tertiary/aromatic N) is 3. The van der Waals surface area contributed by atoms with Crippen molar-refractivity contribution in [3.05, 3.63) is 95.6 Å². The lowest BCUT2D eigenvalue weighted by molar-refractivity contribution is 0.394. The number of nitrogens with one attached hydrogen (secondary N) is 1. The summed E-state index contributed by atoms with van der Waals surface area (Å²) in [5.74, 6) is 2.20. The monoisotopic (exact) mass is 514 g/mol. The summed E-state index contributed by atoms with van der Waals surface area (Å²) in [6.07, 6.45) is 1.81. The zero-order valence-electron chi connectivity index (χ0n) is 21.6. The first-order chi connectivity index (χ1) is 18.0. The number of rotatable bonds is 7. The van der Waals surface area contributed by atoms with E-state index < -0.39 is 0 Å². The second-order valence-corrected chi connectivity index (χ2v) is 9.28. The van der Waals surface area contributed by atoms with Gasteiger partial charge in [0, 0.05) is 35.4 Å². The van der Waals surface area contributed by atoms with E-state index in [1.165, 1.54) is 0 Å². The molecule has 8 heteroatoms. The first-order valence-electron chi connectivity index (χ1n) is 12.0. The van der Waals surface area contributed by atoms with Crippen molar-refractivity contribution >= 4 is 23.0 Å². The summed E-state index contributed by atoms with van der Waals surface area (Å²) < 4.78 is 19.0. The number of aryl methyl sites for hydroxylation is 1. The van der Waals surface area contributed by atoms with E-state index in [0.29, 0.717) is 16.6 Å². The Morgan fingerprint density at radius 1 is 0.865 bits per heavy atom. The maximum absolute atomic E-state index is 5.93. The third-order valence-corrected chi connectivity index (χ3v) is 7.16. The molecule has 37 heavy (non-hydrogen) atoms. The van der Waals surface area contributed by atoms with Crippen LogP contribution in [0.15, 0.2) is 72.9 Å². The maximum Gasteiger partial charge on any atom is 0.174 e. The molecule has 3 heterocycles. The van der Waals surface area contributed by atoms with Crippen LogP contribution >= 0.6 is 12.2 Å². The van der Waals surface area contributed by atoms with Crippen LogP contribution in [0.3, 0.4) is 0 Å². The summed E-state index contributed by atoms with van der Waals surface area (Å²) in [6.45, 7) is 4.26. The molecule has 0 radical (unpaired) electrons. The molecule has 0 aliphatic carbocycles. The lowest BCUT2D eigenvalue weighted by atomic mass is 9.96. The number of methoxy groups -OCH3 is 3. The third kappa shape index (κ3) is 4.38. The number of hydrogen-bond acceptors (Lipinski definition) is 5. The second kappa shape index (κ2) is 10.1. The minimum absolute atomic E-state index is 0.167. The molecule has 1 fully saturated rings. The Morgan fingerprint density at radius 2 is 1.65 bits per heavy atom. The minimum atomic E-state index is -0.171. The zero-order chi connectivity index (χ0) is 26.1. The molecular formula is C29H30N4O3S. The van der Waals surface area contributed by atoms with Gasteiger partial charge in [0.05, 0.1) is 44.8 Å². The van der Waals surface area contributed by atoms with Gasteiger partial charge in [0.15, 0.2) is 5.11 Å². The Labute approximate surface area is 222 Å². The van der Waals surface area contributed by atoms with Crippen molar-refractivity contribution in [1.82, 2.24) is 14.9 Å². The summed E-state index contributed by atoms with van der Waals surface area (Å²) >= 11 is 5.93. The van der Waals surface area contributed by atoms with E-state index in [1.54, 1.807) is 21.3 Å². The summed E-state index contributed by atoms with van der Waals surface area (Å²) in [5, 5.41) is 4.15. The number of hydrogen-bond donors (Lipinski definition) is 1. The topological polar surface area (TPSA) is 60.8 Å². The van der Waals surface area contributed by atoms with E-state index in [0.717, 1.165) is 39.8 Å². The van der Waals surface area contributed by atoms with Crippen LogP contribution in [-0.4, -0.2) is 36.0 Å². The van der Waals surface area contributed by atoms with Crippen molar-refractivity contribution in [3.8, 4) is 22.9 Å². The molecule has 0 unspecified atom stereocenters. The van der Waals surface area contributed by atoms with Crippen LogP contribution in [-0.2, 0) is 0 Å². The second-order valence-electron chi connectivity index (χ2n) is 8.90. The van der Waals surface area contributed by atoms with Crippen molar-refractivity contribution in [3.63, 3.8) is 0 Å². The van der Waals surface area contributed by atoms with Gasteiger partial charge in [0.25, 0.3) is 0 Å². The van der Waals surface area contributed by atoms with Crippen LogP contribution < -0.4 is 24.4 Å². The highest BCUT2D eigenvalue weighted by atomic mass is 32.1. The van der Waals surface area contributed by atoms with Crippen molar-refractivity contribution in [2.75, 3.05) is 26.2 Å². The van der Waals surface area contributed by atoms with Crippen LogP contribution in [0, 0.1) is 13.8 Å². The van der Waals surface area contributed by atoms with E-state index in [1.807, 2.05) is 60.8 Å². The van der Waals surface area contributed by atoms with Gasteiger partial charge in [-0.1, -0.05) is 12.1 Å². The zero-order valence-corrected chi connectivity index (χ0v) is 22.4. The highest BCUT2D eigenvalue weighted by Crippen LogP contribution is 2.46. The van der Waals surface area contributed by atoms with Gasteiger partial charge >= 0.3 is 0 Å². The first kappa shape index (κ1) is 24.6. The average molecular weight is 515 g/mol. The first-order valence-corrected chi connectivity index (χ1v) is 12.4. The van der Waals surface area contributed by atoms with Crippen LogP contribution in [0.25, 0.3) is 5.69 Å². The van der Waals surface area contributed by atoms with Gasteiger partial charge in [-0.2, -0.15) is 0 Å². The fourth-order valence-electron chi connectivity index (χ4n) is 5.15. The number of benzene rings is 2. The third-order valence-electron chi connectivity index (χ3n) is 6.84. The summed E-state index contributed by atoms with van der Waals surface area (Å²) in [7, 11) is 4.98. The number of pyridine rings is 1. The molecule has 7 nitrogen and oxygen atoms in total. The fourth-order valence-corrected chi connectivity index (χ4v) is 5.49. The maximum atomic E-state index is 5.93. The van der Waals surface area contributed by atoms with E-state index in [2.05, 4.69) is 45.7 Å². The molecule has 1 saturated heterocycles. The summed E-state index contributed by atoms with van der Waals surface area (Å²) in [5.41, 5.74) is 6.17. The van der Waals surface area contributed by atoms with Gasteiger partial charge < -0.3 is 29.0 Å². The van der Waals surface area contributed by atoms with Crippen LogP contribution in [0.4, 0.5) is 5.69 Å². The number of ether oxygens (including phenoxy) is 3. The lowest BCUT2D eigenvalue weighted by Gasteiger charge is -2.29. The van der Waals surface area contributed by atoms with E-state index in [4.69, 9.17) is 26.4 Å². The number of anilines is 1. The normalized spacial score (nSPS) is 17.0. The van der Waals surface area contributed by atoms with Gasteiger partial charge in [-0.3, -0.25) is 4.98 Å². The molecule has 4 aromatic rings. The van der Waals surface area contributed by atoms with Crippen molar-refractivity contribution < 1.29 is 14.2 Å². The van der Waals surface area contributed by atoms with Gasteiger partial charge in [0.2, 0.25) is 0 Å². The molecule has 1 aliphatic rings. The lowest BCUT2D eigenvalue weighted by Crippen LogP contribution is -2.30. The minimum Gasteiger partial charge on any atom is -0.497 e. The van der Waals surface area contributed by atoms with E-state index in [9.17, 15) is 0 Å². The molecule has 0 spiro atoms. The highest BCUT2D eigenvalue weighted by molar-refractivity contribution is 7.80. The number of thiocarbonyl (C=S) groups is 1. The number of aromatic nitrogens is 2. The Hall–Kier alpha value is -4.04. The Bertz CT molecular complexity index is 1440. The predicted octanol–water partition coefficient (Wildman–Crippen LogP) is 5.69. The highest BCUT2D eigenvalue weighted by Gasteiger charge is 2.43. The molecule has 5 rings (SSSR count). The van der Waals surface area contributed by atoms with Gasteiger partial charge in [-0.05, 0) is 74.1 Å². The van der Waals surface area contributed by atoms with Gasteiger partial charge in [-0.15, -0.1) is 0 Å². The molecule has 2 aromatic carbocycles. The Balaban J connectivity index is 1.69. The van der Waals surface area contributed by atoms with Gasteiger partial charge in [0.1, 0.15) is 17.2 Å². The molecule has 0 bridgehead atoms. The molecular weight excluding hydrogens is 484 g/mol. The Morgan fingerprint density at radius 3 is 2.35 bits per heavy atom. The van der Waals surface area contributed by atoms with Crippen LogP contribution in [0.1, 0.15) is 34.7 Å². The molecule has 1 aliphatic heterocycles. The van der Waals surface area contributed by atoms with Crippen molar-refractivity contribution in [2.24, 2.45) is 0 Å². The van der Waals surface area contributed by atoms with Crippen LogP contribution in [0.2, 0.25) is 0 Å². The summed E-state index contributed by atoms with van der Waals surface area (Å²) in [6, 6.07) is 21.7. The Kier molecular flexibility index (Phi) is 6.76. The quantitative estimate of drug-likeness (QED) is 0.318. The molecule has 1 N–H and O–H groups in total. The molecule has 190 valence electrons. The predicted molar refractivity (Wildman–Crippen MR) is 149 cm³/mol. The SMILES string of the molecule is COc1cccc(-n2c(C)cc([C@H]3[C@@H](c4ccccn4)NC(=S)N3c3ccc(OC)cc3OC)c2C)c1. The van der Waals surface area contributed by atoms with Crippen molar-refractivity contribution in [2.45, 2.75) is 25.9 Å². The average Bonchev–Trinajstić information content (AvgIpc) is 3.43. The molecule has 2 atom stereocenters. The molecule has 0 saturated carbocycles. The van der Waals surface area contributed by atoms with Crippen molar-refractivity contribution in [1.29, 1.82) is 0 Å². The fraction of sp³-hybridized carbons (Fsp3) is 0.241. The largest absolute Gasteiger partial charge is 0.497 e. The molecule has 0 amide bonds. The summed E-state index contributed by atoms with van der Waals surface area (Å²) in [4.78, 5) is 6.81. The molecule has 2 aromatic heterocycles. The van der Waals surface area contributed by atoms with E-state index in [-0.39, 0.29) is 12.1 Å². The van der Waals surface area contributed by atoms with Gasteiger partial charge in [-0.25, -0.2) is 0 Å². The smallest absolute Gasteiger partial charge is 0.174 e. The van der Waals surface area contributed by atoms with E-state index >= 15 is 0 Å². The standard InChI is InChI=1S/C29H30N4O3S/c1-18-15-23(19(2)32(18)20-9-8-10-21(16-20)34-3)28-27(24-11-6-7-14-30-24)31-29(37)33(28)25-13-12-22(35-4)17-26(25)36-5/h6-17,27-28H,1-5H3,(H,31,37)/t27-,28+/m1/s1. The van der Waals surface area contributed by atoms with Crippen LogP contribution in [0.5, 0.6) is 17.2 Å².